The molecule has 0 bridgehead atoms. The van der Waals surface area contributed by atoms with Crippen LogP contribution < -0.4 is 5.32 Å². The Morgan fingerprint density at radius 2 is 2.16 bits per heavy atom. The van der Waals surface area contributed by atoms with Gasteiger partial charge in [-0.2, -0.15) is 0 Å². The minimum Gasteiger partial charge on any atom is -0.361 e. The van der Waals surface area contributed by atoms with Crippen molar-refractivity contribution >= 4 is 34.8 Å². The molecule has 100 valence electrons. The number of hydrogen-bond donors (Lipinski definition) is 1. The molecule has 1 heterocycles. The molecule has 0 aliphatic carbocycles. The number of anilines is 1. The first-order chi connectivity index (χ1) is 9.02. The summed E-state index contributed by atoms with van der Waals surface area (Å²) >= 11 is 11.9. The lowest BCUT2D eigenvalue weighted by Crippen LogP contribution is -2.14. The fourth-order valence-corrected chi connectivity index (χ4v) is 2.07. The molecule has 19 heavy (non-hydrogen) atoms. The normalized spacial score (nSPS) is 10.5. The molecule has 0 aliphatic heterocycles. The Hall–Kier alpha value is -1.52. The summed E-state index contributed by atoms with van der Waals surface area (Å²) in [5, 5.41) is 7.47. The molecule has 1 N–H and O–H groups in total. The van der Waals surface area contributed by atoms with Gasteiger partial charge in [-0.3, -0.25) is 4.79 Å². The van der Waals surface area contributed by atoms with Crippen molar-refractivity contribution in [2.75, 3.05) is 5.32 Å². The third kappa shape index (κ3) is 2.91. The van der Waals surface area contributed by atoms with Crippen LogP contribution in [0, 0.1) is 6.92 Å². The summed E-state index contributed by atoms with van der Waals surface area (Å²) in [6, 6.07) is 4.87. The van der Waals surface area contributed by atoms with Crippen molar-refractivity contribution in [3.05, 3.63) is 45.3 Å². The number of aromatic nitrogens is 1. The summed E-state index contributed by atoms with van der Waals surface area (Å²) in [6.45, 7) is 3.60. The van der Waals surface area contributed by atoms with Crippen molar-refractivity contribution < 1.29 is 9.32 Å². The van der Waals surface area contributed by atoms with E-state index < -0.39 is 0 Å². The summed E-state index contributed by atoms with van der Waals surface area (Å²) in [4.78, 5) is 12.2. The molecular formula is C13H12Cl2N2O2. The highest BCUT2D eigenvalue weighted by atomic mass is 35.5. The first-order valence-corrected chi connectivity index (χ1v) is 6.50. The van der Waals surface area contributed by atoms with E-state index in [4.69, 9.17) is 27.7 Å². The number of hydrogen-bond acceptors (Lipinski definition) is 3. The summed E-state index contributed by atoms with van der Waals surface area (Å²) in [7, 11) is 0. The van der Waals surface area contributed by atoms with E-state index in [-0.39, 0.29) is 5.91 Å². The van der Waals surface area contributed by atoms with Gasteiger partial charge in [0.05, 0.1) is 16.4 Å². The molecule has 2 rings (SSSR count). The minimum absolute atomic E-state index is 0.306. The Labute approximate surface area is 120 Å². The molecule has 1 aromatic heterocycles. The largest absolute Gasteiger partial charge is 0.361 e. The van der Waals surface area contributed by atoms with Crippen LogP contribution in [-0.4, -0.2) is 11.1 Å². The third-order valence-corrected chi connectivity index (χ3v) is 3.24. The van der Waals surface area contributed by atoms with Crippen LogP contribution >= 0.6 is 23.2 Å². The zero-order valence-electron chi connectivity index (χ0n) is 10.5. The lowest BCUT2D eigenvalue weighted by Gasteiger charge is -2.07. The van der Waals surface area contributed by atoms with Crippen LogP contribution in [-0.2, 0) is 6.42 Å². The van der Waals surface area contributed by atoms with Crippen LogP contribution in [0.3, 0.4) is 0 Å². The summed E-state index contributed by atoms with van der Waals surface area (Å²) in [5.74, 6) is 0.173. The molecule has 0 saturated heterocycles. The Bertz CT molecular complexity index is 623. The van der Waals surface area contributed by atoms with Gasteiger partial charge in [0.25, 0.3) is 5.91 Å². The number of halogens is 2. The van der Waals surface area contributed by atoms with Crippen LogP contribution in [0.5, 0.6) is 0 Å². The fraction of sp³-hybridized carbons (Fsp3) is 0.231. The molecule has 0 radical (unpaired) electrons. The zero-order valence-corrected chi connectivity index (χ0v) is 12.0. The maximum atomic E-state index is 12.2. The van der Waals surface area contributed by atoms with Crippen molar-refractivity contribution in [2.24, 2.45) is 0 Å². The van der Waals surface area contributed by atoms with E-state index in [0.29, 0.717) is 39.2 Å². The van der Waals surface area contributed by atoms with Gasteiger partial charge in [-0.1, -0.05) is 35.3 Å². The van der Waals surface area contributed by atoms with E-state index in [1.807, 2.05) is 6.92 Å². The molecule has 0 spiro atoms. The second kappa shape index (κ2) is 5.63. The number of nitrogens with zero attached hydrogens (tertiary/aromatic N) is 1. The molecule has 0 unspecified atom stereocenters. The second-order valence-corrected chi connectivity index (χ2v) is 4.84. The van der Waals surface area contributed by atoms with Crippen molar-refractivity contribution in [3.63, 3.8) is 0 Å². The first kappa shape index (κ1) is 13.9. The average Bonchev–Trinajstić information content (AvgIpc) is 2.75. The average molecular weight is 299 g/mol. The highest BCUT2D eigenvalue weighted by Gasteiger charge is 2.19. The van der Waals surface area contributed by atoms with Gasteiger partial charge < -0.3 is 9.84 Å². The highest BCUT2D eigenvalue weighted by Crippen LogP contribution is 2.26. The molecular weight excluding hydrogens is 287 g/mol. The molecule has 0 atom stereocenters. The molecule has 0 aliphatic rings. The lowest BCUT2D eigenvalue weighted by molar-refractivity contribution is 0.102. The van der Waals surface area contributed by atoms with Crippen molar-refractivity contribution in [3.8, 4) is 0 Å². The monoisotopic (exact) mass is 298 g/mol. The van der Waals surface area contributed by atoms with Crippen LogP contribution in [0.1, 0.15) is 28.7 Å². The van der Waals surface area contributed by atoms with Crippen molar-refractivity contribution in [2.45, 2.75) is 20.3 Å². The van der Waals surface area contributed by atoms with Crippen LogP contribution in [0.2, 0.25) is 10.0 Å². The molecule has 1 amide bonds. The van der Waals surface area contributed by atoms with E-state index in [9.17, 15) is 4.79 Å². The Morgan fingerprint density at radius 3 is 2.84 bits per heavy atom. The Balaban J connectivity index is 2.30. The molecule has 0 fully saturated rings. The van der Waals surface area contributed by atoms with E-state index in [2.05, 4.69) is 10.5 Å². The number of amides is 1. The summed E-state index contributed by atoms with van der Waals surface area (Å²) < 4.78 is 5.03. The number of benzene rings is 1. The standard InChI is InChI=1S/C13H12Cl2N2O2/c1-3-10-12(7(2)19-17-10)13(18)16-11-6-8(14)4-5-9(11)15/h4-6H,3H2,1-2H3,(H,16,18). The number of carbonyl (C=O) groups excluding carboxylic acids is 1. The number of nitrogens with one attached hydrogen (secondary N) is 1. The predicted octanol–water partition coefficient (Wildman–Crippen LogP) is 4.10. The van der Waals surface area contributed by atoms with Gasteiger partial charge in [0.1, 0.15) is 11.3 Å². The number of rotatable bonds is 3. The van der Waals surface area contributed by atoms with Crippen molar-refractivity contribution in [1.29, 1.82) is 0 Å². The van der Waals surface area contributed by atoms with E-state index in [1.165, 1.54) is 0 Å². The van der Waals surface area contributed by atoms with Gasteiger partial charge in [-0.25, -0.2) is 0 Å². The molecule has 1 aromatic carbocycles. The molecule has 2 aromatic rings. The zero-order chi connectivity index (χ0) is 14.0. The SMILES string of the molecule is CCc1noc(C)c1C(=O)Nc1cc(Cl)ccc1Cl. The molecule has 6 heteroatoms. The minimum atomic E-state index is -0.306. The van der Waals surface area contributed by atoms with Gasteiger partial charge in [0.2, 0.25) is 0 Å². The van der Waals surface area contributed by atoms with Crippen LogP contribution in [0.15, 0.2) is 22.7 Å². The quantitative estimate of drug-likeness (QED) is 0.928. The second-order valence-electron chi connectivity index (χ2n) is 3.99. The first-order valence-electron chi connectivity index (χ1n) is 5.74. The van der Waals surface area contributed by atoms with Gasteiger partial charge in [-0.05, 0) is 31.5 Å². The maximum Gasteiger partial charge on any atom is 0.261 e. The molecule has 0 saturated carbocycles. The van der Waals surface area contributed by atoms with Gasteiger partial charge in [-0.15, -0.1) is 0 Å². The summed E-state index contributed by atoms with van der Waals surface area (Å²) in [5.41, 5.74) is 1.52. The van der Waals surface area contributed by atoms with E-state index in [1.54, 1.807) is 25.1 Å². The van der Waals surface area contributed by atoms with E-state index in [0.717, 1.165) is 0 Å². The van der Waals surface area contributed by atoms with Crippen LogP contribution in [0.25, 0.3) is 0 Å². The number of carbonyl (C=O) groups is 1. The Morgan fingerprint density at radius 1 is 1.42 bits per heavy atom. The predicted molar refractivity (Wildman–Crippen MR) is 75.0 cm³/mol. The van der Waals surface area contributed by atoms with E-state index >= 15 is 0 Å². The number of aryl methyl sites for hydroxylation is 2. The van der Waals surface area contributed by atoms with Gasteiger partial charge in [0, 0.05) is 5.02 Å². The highest BCUT2D eigenvalue weighted by molar-refractivity contribution is 6.35. The Kier molecular flexibility index (Phi) is 4.12. The van der Waals surface area contributed by atoms with Gasteiger partial charge >= 0.3 is 0 Å². The maximum absolute atomic E-state index is 12.2. The lowest BCUT2D eigenvalue weighted by atomic mass is 10.1. The van der Waals surface area contributed by atoms with Crippen molar-refractivity contribution in [1.82, 2.24) is 5.16 Å². The smallest absolute Gasteiger partial charge is 0.261 e. The third-order valence-electron chi connectivity index (χ3n) is 2.67. The van der Waals surface area contributed by atoms with Gasteiger partial charge in [0.15, 0.2) is 0 Å². The summed E-state index contributed by atoms with van der Waals surface area (Å²) in [6.07, 6.45) is 0.614. The fourth-order valence-electron chi connectivity index (χ4n) is 1.73. The topological polar surface area (TPSA) is 55.1 Å². The molecule has 4 nitrogen and oxygen atoms in total. The van der Waals surface area contributed by atoms with Crippen LogP contribution in [0.4, 0.5) is 5.69 Å².